The van der Waals surface area contributed by atoms with Crippen molar-refractivity contribution in [3.8, 4) is 11.3 Å². The Bertz CT molecular complexity index is 957. The van der Waals surface area contributed by atoms with E-state index in [2.05, 4.69) is 56.7 Å². The lowest BCUT2D eigenvalue weighted by Gasteiger charge is -2.33. The molecule has 1 aromatic carbocycles. The molecule has 28 heavy (non-hydrogen) atoms. The quantitative estimate of drug-likeness (QED) is 0.758. The molecule has 0 aliphatic carbocycles. The summed E-state index contributed by atoms with van der Waals surface area (Å²) in [5, 5.41) is 11.4. The number of anilines is 1. The lowest BCUT2D eigenvalue weighted by Crippen LogP contribution is -2.37. The van der Waals surface area contributed by atoms with Crippen molar-refractivity contribution >= 4 is 11.7 Å². The second-order valence-corrected chi connectivity index (χ2v) is 7.12. The van der Waals surface area contributed by atoms with E-state index in [1.54, 1.807) is 19.3 Å². The van der Waals surface area contributed by atoms with Crippen LogP contribution < -0.4 is 10.2 Å². The zero-order valence-corrected chi connectivity index (χ0v) is 16.2. The third kappa shape index (κ3) is 3.60. The number of pyridine rings is 1. The predicted octanol–water partition coefficient (Wildman–Crippen LogP) is 2.85. The molecule has 1 aliphatic rings. The van der Waals surface area contributed by atoms with E-state index in [1.807, 2.05) is 16.9 Å². The van der Waals surface area contributed by atoms with E-state index in [9.17, 15) is 4.79 Å². The van der Waals surface area contributed by atoms with Gasteiger partial charge in [0, 0.05) is 31.9 Å². The van der Waals surface area contributed by atoms with E-state index in [4.69, 9.17) is 0 Å². The highest BCUT2D eigenvalue weighted by atomic mass is 16.1. The average Bonchev–Trinajstić information content (AvgIpc) is 3.24. The van der Waals surface area contributed by atoms with E-state index < -0.39 is 0 Å². The van der Waals surface area contributed by atoms with Crippen LogP contribution in [-0.2, 0) is 0 Å². The van der Waals surface area contributed by atoms with Crippen LogP contribution in [0.2, 0.25) is 0 Å². The monoisotopic (exact) mass is 376 g/mol. The molecule has 0 bridgehead atoms. The SMILES string of the molecule is CNC(=O)c1cccnc1N1CCC(n2cc(-c3ccc(C)cc3)nn2)CC1. The van der Waals surface area contributed by atoms with Gasteiger partial charge in [0.25, 0.3) is 5.91 Å². The second kappa shape index (κ2) is 7.80. The second-order valence-electron chi connectivity index (χ2n) is 7.12. The Morgan fingerprint density at radius 2 is 1.89 bits per heavy atom. The molecule has 4 rings (SSSR count). The molecule has 1 amide bonds. The van der Waals surface area contributed by atoms with Crippen molar-refractivity contribution in [2.24, 2.45) is 0 Å². The van der Waals surface area contributed by atoms with Crippen LogP contribution >= 0.6 is 0 Å². The summed E-state index contributed by atoms with van der Waals surface area (Å²) in [4.78, 5) is 18.8. The predicted molar refractivity (Wildman–Crippen MR) is 108 cm³/mol. The highest BCUT2D eigenvalue weighted by molar-refractivity contribution is 5.98. The van der Waals surface area contributed by atoms with Crippen molar-refractivity contribution in [3.63, 3.8) is 0 Å². The first kappa shape index (κ1) is 18.2. The molecule has 0 saturated carbocycles. The molecule has 1 saturated heterocycles. The van der Waals surface area contributed by atoms with Crippen LogP contribution in [0, 0.1) is 6.92 Å². The topological polar surface area (TPSA) is 75.9 Å². The van der Waals surface area contributed by atoms with Gasteiger partial charge in [-0.05, 0) is 31.9 Å². The minimum absolute atomic E-state index is 0.107. The summed E-state index contributed by atoms with van der Waals surface area (Å²) in [6.07, 6.45) is 5.63. The maximum atomic E-state index is 12.1. The lowest BCUT2D eigenvalue weighted by atomic mass is 10.0. The molecule has 0 atom stereocenters. The van der Waals surface area contributed by atoms with Gasteiger partial charge in [-0.15, -0.1) is 5.10 Å². The largest absolute Gasteiger partial charge is 0.356 e. The van der Waals surface area contributed by atoms with Gasteiger partial charge in [0.15, 0.2) is 0 Å². The van der Waals surface area contributed by atoms with E-state index >= 15 is 0 Å². The van der Waals surface area contributed by atoms with Crippen LogP contribution in [-0.4, -0.2) is 46.0 Å². The van der Waals surface area contributed by atoms with Crippen LogP contribution in [0.3, 0.4) is 0 Å². The van der Waals surface area contributed by atoms with E-state index in [-0.39, 0.29) is 5.91 Å². The maximum Gasteiger partial charge on any atom is 0.254 e. The van der Waals surface area contributed by atoms with Crippen molar-refractivity contribution in [2.75, 3.05) is 25.0 Å². The standard InChI is InChI=1S/C21H24N6O/c1-15-5-7-16(8-6-15)19-14-27(25-24-19)17-9-12-26(13-10-17)20-18(21(28)22-2)4-3-11-23-20/h3-8,11,14,17H,9-10,12-13H2,1-2H3,(H,22,28). The number of aryl methyl sites for hydroxylation is 1. The number of nitrogens with zero attached hydrogens (tertiary/aromatic N) is 5. The number of carbonyl (C=O) groups excluding carboxylic acids is 1. The van der Waals surface area contributed by atoms with Crippen molar-refractivity contribution in [1.82, 2.24) is 25.3 Å². The lowest BCUT2D eigenvalue weighted by molar-refractivity contribution is 0.0963. The molecule has 3 aromatic rings. The number of hydrogen-bond donors (Lipinski definition) is 1. The Balaban J connectivity index is 1.45. The van der Waals surface area contributed by atoms with Gasteiger partial charge in [0.1, 0.15) is 11.5 Å². The van der Waals surface area contributed by atoms with Crippen LogP contribution in [0.4, 0.5) is 5.82 Å². The van der Waals surface area contributed by atoms with Gasteiger partial charge in [0.2, 0.25) is 0 Å². The Hall–Kier alpha value is -3.22. The first-order valence-corrected chi connectivity index (χ1v) is 9.56. The molecule has 1 aliphatic heterocycles. The van der Waals surface area contributed by atoms with Crippen LogP contribution in [0.15, 0.2) is 48.8 Å². The van der Waals surface area contributed by atoms with Crippen LogP contribution in [0.5, 0.6) is 0 Å². The maximum absolute atomic E-state index is 12.1. The van der Waals surface area contributed by atoms with Gasteiger partial charge < -0.3 is 10.2 Å². The first-order valence-electron chi connectivity index (χ1n) is 9.56. The summed E-state index contributed by atoms with van der Waals surface area (Å²) in [5.41, 5.74) is 3.83. The van der Waals surface area contributed by atoms with Gasteiger partial charge in [-0.3, -0.25) is 4.79 Å². The average molecular weight is 376 g/mol. The molecule has 2 aromatic heterocycles. The Morgan fingerprint density at radius 3 is 2.61 bits per heavy atom. The molecule has 0 radical (unpaired) electrons. The summed E-state index contributed by atoms with van der Waals surface area (Å²) in [5.74, 6) is 0.642. The van der Waals surface area contributed by atoms with Crippen molar-refractivity contribution in [2.45, 2.75) is 25.8 Å². The Labute approximate surface area is 164 Å². The number of amides is 1. The van der Waals surface area contributed by atoms with Gasteiger partial charge in [-0.1, -0.05) is 35.0 Å². The fourth-order valence-corrected chi connectivity index (χ4v) is 3.61. The molecule has 7 nitrogen and oxygen atoms in total. The summed E-state index contributed by atoms with van der Waals surface area (Å²) in [6, 6.07) is 12.2. The summed E-state index contributed by atoms with van der Waals surface area (Å²) >= 11 is 0. The van der Waals surface area contributed by atoms with Crippen LogP contribution in [0.1, 0.15) is 34.8 Å². The van der Waals surface area contributed by atoms with E-state index in [1.165, 1.54) is 5.56 Å². The zero-order chi connectivity index (χ0) is 19.5. The molecule has 0 spiro atoms. The van der Waals surface area contributed by atoms with Crippen molar-refractivity contribution in [3.05, 3.63) is 59.9 Å². The van der Waals surface area contributed by atoms with Gasteiger partial charge in [-0.2, -0.15) is 0 Å². The molecular weight excluding hydrogens is 352 g/mol. The molecule has 1 N–H and O–H groups in total. The number of nitrogens with one attached hydrogen (secondary N) is 1. The van der Waals surface area contributed by atoms with E-state index in [0.717, 1.165) is 43.0 Å². The van der Waals surface area contributed by atoms with Crippen molar-refractivity contribution < 1.29 is 4.79 Å². The summed E-state index contributed by atoms with van der Waals surface area (Å²) < 4.78 is 1.98. The number of benzene rings is 1. The highest BCUT2D eigenvalue weighted by Gasteiger charge is 2.25. The first-order chi connectivity index (χ1) is 13.7. The third-order valence-corrected chi connectivity index (χ3v) is 5.25. The number of rotatable bonds is 4. The molecule has 3 heterocycles. The zero-order valence-electron chi connectivity index (χ0n) is 16.2. The number of piperidine rings is 1. The number of hydrogen-bond acceptors (Lipinski definition) is 5. The normalized spacial score (nSPS) is 14.9. The van der Waals surface area contributed by atoms with Gasteiger partial charge in [-0.25, -0.2) is 9.67 Å². The highest BCUT2D eigenvalue weighted by Crippen LogP contribution is 2.28. The molecule has 0 unspecified atom stereocenters. The van der Waals surface area contributed by atoms with Gasteiger partial charge in [0.05, 0.1) is 17.8 Å². The number of carbonyl (C=O) groups is 1. The Morgan fingerprint density at radius 1 is 1.14 bits per heavy atom. The smallest absolute Gasteiger partial charge is 0.254 e. The molecule has 7 heteroatoms. The van der Waals surface area contributed by atoms with Crippen molar-refractivity contribution in [1.29, 1.82) is 0 Å². The third-order valence-electron chi connectivity index (χ3n) is 5.25. The molecule has 144 valence electrons. The van der Waals surface area contributed by atoms with Gasteiger partial charge >= 0.3 is 0 Å². The fraction of sp³-hybridized carbons (Fsp3) is 0.333. The van der Waals surface area contributed by atoms with Crippen LogP contribution in [0.25, 0.3) is 11.3 Å². The van der Waals surface area contributed by atoms with E-state index in [0.29, 0.717) is 11.6 Å². The summed E-state index contributed by atoms with van der Waals surface area (Å²) in [6.45, 7) is 3.72. The summed E-state index contributed by atoms with van der Waals surface area (Å²) in [7, 11) is 1.64. The number of aromatic nitrogens is 4. The molecule has 1 fully saturated rings. The Kier molecular flexibility index (Phi) is 5.06. The minimum atomic E-state index is -0.107. The minimum Gasteiger partial charge on any atom is -0.356 e. The fourth-order valence-electron chi connectivity index (χ4n) is 3.61. The molecular formula is C21H24N6O.